The summed E-state index contributed by atoms with van der Waals surface area (Å²) in [5.41, 5.74) is 1.12. The summed E-state index contributed by atoms with van der Waals surface area (Å²) < 4.78 is 16.5. The van der Waals surface area contributed by atoms with Crippen LogP contribution in [0.2, 0.25) is 0 Å². The first-order valence-electron chi connectivity index (χ1n) is 6.78. The first kappa shape index (κ1) is 15.4. The zero-order valence-corrected chi connectivity index (χ0v) is 12.2. The van der Waals surface area contributed by atoms with E-state index in [4.69, 9.17) is 14.2 Å². The van der Waals surface area contributed by atoms with Gasteiger partial charge in [-0.1, -0.05) is 30.3 Å². The van der Waals surface area contributed by atoms with Crippen LogP contribution in [0.3, 0.4) is 0 Å². The van der Waals surface area contributed by atoms with Crippen molar-refractivity contribution in [2.45, 2.75) is 31.1 Å². The Kier molecular flexibility index (Phi) is 5.51. The zero-order valence-electron chi connectivity index (χ0n) is 12.2. The van der Waals surface area contributed by atoms with Gasteiger partial charge in [-0.05, 0) is 19.7 Å². The number of nitrogens with zero attached hydrogens (tertiary/aromatic N) is 1. The first-order valence-corrected chi connectivity index (χ1v) is 6.78. The molecule has 1 aliphatic rings. The maximum Gasteiger partial charge on any atom is 0.185 e. The fourth-order valence-electron chi connectivity index (χ4n) is 2.55. The summed E-state index contributed by atoms with van der Waals surface area (Å²) in [5, 5.41) is 10.2. The Bertz CT molecular complexity index is 398. The number of rotatable bonds is 6. The Morgan fingerprint density at radius 1 is 1.25 bits per heavy atom. The largest absolute Gasteiger partial charge is 0.386 e. The highest BCUT2D eigenvalue weighted by Gasteiger charge is 2.45. The normalized spacial score (nSPS) is 30.1. The molecule has 0 saturated carbocycles. The molecule has 0 bridgehead atoms. The van der Waals surface area contributed by atoms with Gasteiger partial charge in [0.25, 0.3) is 0 Å². The molecule has 5 nitrogen and oxygen atoms in total. The van der Waals surface area contributed by atoms with Gasteiger partial charge in [0.05, 0.1) is 19.3 Å². The molecule has 5 heteroatoms. The maximum atomic E-state index is 10.2. The van der Waals surface area contributed by atoms with Crippen molar-refractivity contribution < 1.29 is 19.3 Å². The second-order valence-corrected chi connectivity index (χ2v) is 5.22. The fraction of sp³-hybridized carbons (Fsp3) is 0.600. The summed E-state index contributed by atoms with van der Waals surface area (Å²) in [7, 11) is 5.37. The van der Waals surface area contributed by atoms with Crippen molar-refractivity contribution >= 4 is 0 Å². The molecule has 0 spiro atoms. The molecule has 0 aromatic heterocycles. The smallest absolute Gasteiger partial charge is 0.185 e. The van der Waals surface area contributed by atoms with Crippen LogP contribution in [-0.4, -0.2) is 62.4 Å². The third kappa shape index (κ3) is 3.56. The lowest BCUT2D eigenvalue weighted by atomic mass is 10.1. The van der Waals surface area contributed by atoms with Crippen molar-refractivity contribution in [2.75, 3.05) is 27.8 Å². The van der Waals surface area contributed by atoms with Gasteiger partial charge in [0.2, 0.25) is 0 Å². The van der Waals surface area contributed by atoms with E-state index in [9.17, 15) is 5.11 Å². The average Bonchev–Trinajstić information content (AvgIpc) is 2.76. The molecule has 0 aliphatic carbocycles. The third-order valence-electron chi connectivity index (χ3n) is 3.54. The molecule has 1 aliphatic heterocycles. The Hall–Kier alpha value is -0.980. The lowest BCUT2D eigenvalue weighted by Crippen LogP contribution is -2.45. The molecular weight excluding hydrogens is 258 g/mol. The first-order chi connectivity index (χ1) is 9.63. The lowest BCUT2D eigenvalue weighted by Gasteiger charge is -2.26. The Morgan fingerprint density at radius 3 is 2.55 bits per heavy atom. The summed E-state index contributed by atoms with van der Waals surface area (Å²) in [6.07, 6.45) is -1.46. The van der Waals surface area contributed by atoms with E-state index in [1.807, 2.05) is 49.3 Å². The van der Waals surface area contributed by atoms with Gasteiger partial charge < -0.3 is 24.2 Å². The third-order valence-corrected chi connectivity index (χ3v) is 3.54. The maximum absolute atomic E-state index is 10.2. The Morgan fingerprint density at radius 2 is 1.95 bits per heavy atom. The summed E-state index contributed by atoms with van der Waals surface area (Å²) in [4.78, 5) is 1.94. The predicted molar refractivity (Wildman–Crippen MR) is 75.2 cm³/mol. The van der Waals surface area contributed by atoms with Crippen LogP contribution >= 0.6 is 0 Å². The van der Waals surface area contributed by atoms with Crippen molar-refractivity contribution in [3.63, 3.8) is 0 Å². The van der Waals surface area contributed by atoms with Crippen molar-refractivity contribution in [1.82, 2.24) is 4.90 Å². The number of ether oxygens (including phenoxy) is 3. The Labute approximate surface area is 120 Å². The Balaban J connectivity index is 1.87. The van der Waals surface area contributed by atoms with Crippen molar-refractivity contribution in [3.05, 3.63) is 35.9 Å². The van der Waals surface area contributed by atoms with Crippen LogP contribution in [-0.2, 0) is 20.8 Å². The molecule has 1 saturated heterocycles. The molecule has 0 unspecified atom stereocenters. The van der Waals surface area contributed by atoms with Crippen LogP contribution < -0.4 is 0 Å². The molecule has 1 aromatic rings. The van der Waals surface area contributed by atoms with Crippen LogP contribution in [0.25, 0.3) is 0 Å². The van der Waals surface area contributed by atoms with E-state index in [1.165, 1.54) is 7.11 Å². The highest BCUT2D eigenvalue weighted by Crippen LogP contribution is 2.25. The monoisotopic (exact) mass is 281 g/mol. The quantitative estimate of drug-likeness (QED) is 0.838. The number of hydrogen-bond acceptors (Lipinski definition) is 5. The highest BCUT2D eigenvalue weighted by atomic mass is 16.7. The molecule has 1 fully saturated rings. The number of aliphatic hydroxyl groups is 1. The minimum absolute atomic E-state index is 0.129. The molecule has 1 N–H and O–H groups in total. The van der Waals surface area contributed by atoms with Crippen molar-refractivity contribution in [1.29, 1.82) is 0 Å². The van der Waals surface area contributed by atoms with Gasteiger partial charge >= 0.3 is 0 Å². The van der Waals surface area contributed by atoms with Gasteiger partial charge in [-0.15, -0.1) is 0 Å². The molecule has 0 amide bonds. The van der Waals surface area contributed by atoms with Gasteiger partial charge in [0, 0.05) is 7.11 Å². The van der Waals surface area contributed by atoms with E-state index in [0.29, 0.717) is 13.2 Å². The van der Waals surface area contributed by atoms with Crippen LogP contribution in [0, 0.1) is 0 Å². The minimum Gasteiger partial charge on any atom is -0.386 e. The second kappa shape index (κ2) is 7.15. The lowest BCUT2D eigenvalue weighted by molar-refractivity contribution is -0.156. The van der Waals surface area contributed by atoms with Crippen molar-refractivity contribution in [3.8, 4) is 0 Å². The molecule has 2 rings (SSSR count). The standard InChI is InChI=1S/C15H23NO4/c1-16(2)13-12(20-15(18-3)14(13)17)10-19-9-11-7-5-4-6-8-11/h4-8,12-15,17H,9-10H2,1-3H3/t12-,13+,14-,15+/m1/s1. The van der Waals surface area contributed by atoms with E-state index in [1.54, 1.807) is 0 Å². The van der Waals surface area contributed by atoms with Gasteiger partial charge in [-0.3, -0.25) is 0 Å². The fourth-order valence-corrected chi connectivity index (χ4v) is 2.55. The number of aliphatic hydroxyl groups excluding tert-OH is 1. The number of likely N-dealkylation sites (N-methyl/N-ethyl adjacent to an activating group) is 1. The number of hydrogen-bond donors (Lipinski definition) is 1. The molecule has 1 aromatic carbocycles. The molecule has 20 heavy (non-hydrogen) atoms. The topological polar surface area (TPSA) is 51.2 Å². The second-order valence-electron chi connectivity index (χ2n) is 5.22. The van der Waals surface area contributed by atoms with Crippen LogP contribution in [0.1, 0.15) is 5.56 Å². The highest BCUT2D eigenvalue weighted by molar-refractivity contribution is 5.13. The van der Waals surface area contributed by atoms with Gasteiger partial charge in [0.15, 0.2) is 6.29 Å². The van der Waals surface area contributed by atoms with E-state index >= 15 is 0 Å². The average molecular weight is 281 g/mol. The summed E-state index contributed by atoms with van der Waals surface area (Å²) in [5.74, 6) is 0. The van der Waals surface area contributed by atoms with E-state index in [2.05, 4.69) is 0 Å². The number of methoxy groups -OCH3 is 1. The minimum atomic E-state index is -0.666. The summed E-state index contributed by atoms with van der Waals surface area (Å²) in [6, 6.07) is 9.86. The molecule has 112 valence electrons. The van der Waals surface area contributed by atoms with E-state index < -0.39 is 12.4 Å². The number of benzene rings is 1. The van der Waals surface area contributed by atoms with Gasteiger partial charge in [-0.25, -0.2) is 0 Å². The van der Waals surface area contributed by atoms with Gasteiger partial charge in [-0.2, -0.15) is 0 Å². The molecular formula is C15H23NO4. The molecule has 0 radical (unpaired) electrons. The van der Waals surface area contributed by atoms with E-state index in [-0.39, 0.29) is 12.1 Å². The predicted octanol–water partition coefficient (Wildman–Crippen LogP) is 0.866. The SMILES string of the molecule is CO[C@H]1O[C@H](COCc2ccccc2)[C@H](N(C)C)[C@H]1O. The van der Waals surface area contributed by atoms with Crippen molar-refractivity contribution in [2.24, 2.45) is 0 Å². The van der Waals surface area contributed by atoms with Crippen LogP contribution in [0.15, 0.2) is 30.3 Å². The summed E-state index contributed by atoms with van der Waals surface area (Å²) in [6.45, 7) is 0.962. The van der Waals surface area contributed by atoms with Crippen LogP contribution in [0.4, 0.5) is 0 Å². The molecule has 4 atom stereocenters. The molecule has 1 heterocycles. The van der Waals surface area contributed by atoms with Gasteiger partial charge in [0.1, 0.15) is 12.2 Å². The van der Waals surface area contributed by atoms with E-state index in [0.717, 1.165) is 5.56 Å². The van der Waals surface area contributed by atoms with Crippen LogP contribution in [0.5, 0.6) is 0 Å². The zero-order chi connectivity index (χ0) is 14.5. The summed E-state index contributed by atoms with van der Waals surface area (Å²) >= 11 is 0.